The Kier molecular flexibility index (Phi) is 3.59. The van der Waals surface area contributed by atoms with Gasteiger partial charge in [-0.2, -0.15) is 5.10 Å². The Morgan fingerprint density at radius 1 is 1.37 bits per heavy atom. The van der Waals surface area contributed by atoms with Crippen LogP contribution in [0.2, 0.25) is 0 Å². The van der Waals surface area contributed by atoms with Crippen LogP contribution in [0.5, 0.6) is 0 Å². The average Bonchev–Trinajstić information content (AvgIpc) is 2.85. The number of benzene rings is 1. The highest BCUT2D eigenvalue weighted by atomic mass is 32.2. The van der Waals surface area contributed by atoms with Gasteiger partial charge in [0.2, 0.25) is 0 Å². The van der Waals surface area contributed by atoms with Crippen molar-refractivity contribution in [3.8, 4) is 0 Å². The number of sulfonamides is 1. The number of hydrogen-bond acceptors (Lipinski definition) is 4. The zero-order chi connectivity index (χ0) is 14.0. The van der Waals surface area contributed by atoms with Gasteiger partial charge in [0.1, 0.15) is 4.90 Å². The largest absolute Gasteiger partial charge is 0.326 e. The molecule has 0 saturated carbocycles. The fraction of sp³-hybridized carbons (Fsp3) is 0.250. The van der Waals surface area contributed by atoms with Crippen molar-refractivity contribution in [2.45, 2.75) is 11.4 Å². The molecule has 0 atom stereocenters. The second-order valence-electron chi connectivity index (χ2n) is 4.16. The van der Waals surface area contributed by atoms with Gasteiger partial charge in [0.05, 0.1) is 11.9 Å². The molecule has 1 aromatic heterocycles. The summed E-state index contributed by atoms with van der Waals surface area (Å²) in [7, 11) is -0.425. The van der Waals surface area contributed by atoms with E-state index in [0.717, 1.165) is 5.56 Å². The van der Waals surface area contributed by atoms with Gasteiger partial charge < -0.3 is 5.73 Å². The van der Waals surface area contributed by atoms with E-state index in [0.29, 0.717) is 5.69 Å². The van der Waals surface area contributed by atoms with Crippen molar-refractivity contribution in [2.24, 2.45) is 12.8 Å². The number of nitrogens with zero attached hydrogens (tertiary/aromatic N) is 3. The lowest BCUT2D eigenvalue weighted by atomic mass is 10.2. The number of aromatic nitrogens is 2. The molecule has 0 aliphatic heterocycles. The van der Waals surface area contributed by atoms with Crippen molar-refractivity contribution in [2.75, 3.05) is 11.4 Å². The summed E-state index contributed by atoms with van der Waals surface area (Å²) in [5.74, 6) is 0. The highest BCUT2D eigenvalue weighted by molar-refractivity contribution is 7.92. The standard InChI is InChI=1S/C12H16N4O2S/c1-15-9-11(8-14-15)19(17,18)16(2)12-6-4-3-5-10(12)7-13/h3-6,8-9H,7,13H2,1-2H3. The fourth-order valence-electron chi connectivity index (χ4n) is 1.81. The van der Waals surface area contributed by atoms with Crippen LogP contribution in [0, 0.1) is 0 Å². The molecule has 6 nitrogen and oxygen atoms in total. The maximum Gasteiger partial charge on any atom is 0.267 e. The van der Waals surface area contributed by atoms with Gasteiger partial charge >= 0.3 is 0 Å². The molecular weight excluding hydrogens is 264 g/mol. The van der Waals surface area contributed by atoms with Gasteiger partial charge in [0, 0.05) is 26.8 Å². The lowest BCUT2D eigenvalue weighted by Gasteiger charge is -2.21. The summed E-state index contributed by atoms with van der Waals surface area (Å²) >= 11 is 0. The van der Waals surface area contributed by atoms with Crippen LogP contribution in [-0.2, 0) is 23.6 Å². The molecule has 0 unspecified atom stereocenters. The van der Waals surface area contributed by atoms with Crippen molar-refractivity contribution in [3.05, 3.63) is 42.2 Å². The zero-order valence-electron chi connectivity index (χ0n) is 10.8. The molecule has 0 aliphatic carbocycles. The molecule has 0 bridgehead atoms. The molecule has 7 heteroatoms. The molecule has 0 fully saturated rings. The summed E-state index contributed by atoms with van der Waals surface area (Å²) in [5.41, 5.74) is 6.99. The van der Waals surface area contributed by atoms with Crippen molar-refractivity contribution >= 4 is 15.7 Å². The maximum absolute atomic E-state index is 12.4. The molecule has 2 aromatic rings. The first-order valence-corrected chi connectivity index (χ1v) is 7.16. The van der Waals surface area contributed by atoms with E-state index in [-0.39, 0.29) is 11.4 Å². The van der Waals surface area contributed by atoms with Gasteiger partial charge in [-0.05, 0) is 11.6 Å². The molecule has 2 N–H and O–H groups in total. The van der Waals surface area contributed by atoms with Crippen molar-refractivity contribution in [1.29, 1.82) is 0 Å². The third-order valence-corrected chi connectivity index (χ3v) is 4.61. The SMILES string of the molecule is CN(c1ccccc1CN)S(=O)(=O)c1cnn(C)c1. The molecule has 102 valence electrons. The van der Waals surface area contributed by atoms with Crippen LogP contribution in [0.4, 0.5) is 5.69 Å². The summed E-state index contributed by atoms with van der Waals surface area (Å²) in [6.07, 6.45) is 2.80. The van der Waals surface area contributed by atoms with Gasteiger partial charge in [-0.15, -0.1) is 0 Å². The van der Waals surface area contributed by atoms with E-state index in [1.165, 1.54) is 28.4 Å². The van der Waals surface area contributed by atoms with E-state index in [4.69, 9.17) is 5.73 Å². The van der Waals surface area contributed by atoms with Crippen molar-refractivity contribution in [1.82, 2.24) is 9.78 Å². The lowest BCUT2D eigenvalue weighted by Crippen LogP contribution is -2.27. The van der Waals surface area contributed by atoms with Gasteiger partial charge in [0.15, 0.2) is 0 Å². The van der Waals surface area contributed by atoms with Crippen molar-refractivity contribution < 1.29 is 8.42 Å². The van der Waals surface area contributed by atoms with Crippen LogP contribution in [0.3, 0.4) is 0 Å². The molecule has 0 radical (unpaired) electrons. The van der Waals surface area contributed by atoms with E-state index in [9.17, 15) is 8.42 Å². The predicted octanol–water partition coefficient (Wildman–Crippen LogP) is 0.704. The summed E-state index contributed by atoms with van der Waals surface area (Å²) < 4.78 is 27.6. The van der Waals surface area contributed by atoms with E-state index in [1.54, 1.807) is 19.2 Å². The third-order valence-electron chi connectivity index (χ3n) is 2.89. The number of nitrogens with two attached hydrogens (primary N) is 1. The minimum absolute atomic E-state index is 0.157. The van der Waals surface area contributed by atoms with E-state index < -0.39 is 10.0 Å². The summed E-state index contributed by atoms with van der Waals surface area (Å²) in [5, 5.41) is 3.89. The molecule has 2 rings (SSSR count). The topological polar surface area (TPSA) is 81.2 Å². The van der Waals surface area contributed by atoms with Crippen LogP contribution >= 0.6 is 0 Å². The molecule has 1 aromatic carbocycles. The Balaban J connectivity index is 2.46. The molecule has 1 heterocycles. The second-order valence-corrected chi connectivity index (χ2v) is 6.12. The Hall–Kier alpha value is -1.86. The minimum atomic E-state index is -3.61. The van der Waals surface area contributed by atoms with E-state index in [1.807, 2.05) is 12.1 Å². The smallest absolute Gasteiger partial charge is 0.267 e. The van der Waals surface area contributed by atoms with Crippen LogP contribution in [-0.4, -0.2) is 25.2 Å². The lowest BCUT2D eigenvalue weighted by molar-refractivity contribution is 0.594. The zero-order valence-corrected chi connectivity index (χ0v) is 11.6. The summed E-state index contributed by atoms with van der Waals surface area (Å²) in [6.45, 7) is 0.281. The molecule has 19 heavy (non-hydrogen) atoms. The number of aryl methyl sites for hydroxylation is 1. The molecular formula is C12H16N4O2S. The monoisotopic (exact) mass is 280 g/mol. The Morgan fingerprint density at radius 3 is 2.63 bits per heavy atom. The van der Waals surface area contributed by atoms with Crippen molar-refractivity contribution in [3.63, 3.8) is 0 Å². The van der Waals surface area contributed by atoms with Gasteiger partial charge in [-0.25, -0.2) is 8.42 Å². The predicted molar refractivity (Wildman–Crippen MR) is 73.1 cm³/mol. The first-order chi connectivity index (χ1) is 8.96. The van der Waals surface area contributed by atoms with E-state index >= 15 is 0 Å². The minimum Gasteiger partial charge on any atom is -0.326 e. The van der Waals surface area contributed by atoms with Gasteiger partial charge in [0.25, 0.3) is 10.0 Å². The maximum atomic E-state index is 12.4. The van der Waals surface area contributed by atoms with E-state index in [2.05, 4.69) is 5.10 Å². The summed E-state index contributed by atoms with van der Waals surface area (Å²) in [6, 6.07) is 7.15. The van der Waals surface area contributed by atoms with Crippen LogP contribution in [0.15, 0.2) is 41.6 Å². The number of para-hydroxylation sites is 1. The molecule has 0 amide bonds. The van der Waals surface area contributed by atoms with Gasteiger partial charge in [-0.3, -0.25) is 8.99 Å². The quantitative estimate of drug-likeness (QED) is 0.894. The molecule has 0 spiro atoms. The Bertz CT molecular complexity index is 679. The molecule has 0 saturated heterocycles. The normalized spacial score (nSPS) is 11.5. The van der Waals surface area contributed by atoms with Crippen LogP contribution < -0.4 is 10.0 Å². The third kappa shape index (κ3) is 2.47. The highest BCUT2D eigenvalue weighted by Crippen LogP contribution is 2.24. The van der Waals surface area contributed by atoms with Crippen LogP contribution in [0.1, 0.15) is 5.56 Å². The Labute approximate surface area is 112 Å². The van der Waals surface area contributed by atoms with Crippen LogP contribution in [0.25, 0.3) is 0 Å². The number of rotatable bonds is 4. The molecule has 0 aliphatic rings. The fourth-order valence-corrected chi connectivity index (χ4v) is 3.03. The number of anilines is 1. The first kappa shape index (κ1) is 13.6. The average molecular weight is 280 g/mol. The summed E-state index contributed by atoms with van der Waals surface area (Å²) in [4.78, 5) is 0.157. The second kappa shape index (κ2) is 5.02. The first-order valence-electron chi connectivity index (χ1n) is 5.72. The number of hydrogen-bond donors (Lipinski definition) is 1. The van der Waals surface area contributed by atoms with Gasteiger partial charge in [-0.1, -0.05) is 18.2 Å². The highest BCUT2D eigenvalue weighted by Gasteiger charge is 2.24. The Morgan fingerprint density at radius 2 is 2.05 bits per heavy atom.